The number of hydrogen-bond acceptors (Lipinski definition) is 7. The normalized spacial score (nSPS) is 20.7. The predicted molar refractivity (Wildman–Crippen MR) is 107 cm³/mol. The Kier molecular flexibility index (Phi) is 5.42. The number of carbonyl (C=O) groups excluding carboxylic acids is 1. The van der Waals surface area contributed by atoms with E-state index in [0.717, 1.165) is 5.56 Å². The van der Waals surface area contributed by atoms with Crippen molar-refractivity contribution in [3.05, 3.63) is 81.6 Å². The van der Waals surface area contributed by atoms with Crippen LogP contribution in [0.3, 0.4) is 0 Å². The second kappa shape index (κ2) is 8.02. The van der Waals surface area contributed by atoms with Crippen molar-refractivity contribution in [2.45, 2.75) is 12.2 Å². The fraction of sp³-hybridized carbons (Fsp3) is 0.227. The third kappa shape index (κ3) is 3.52. The van der Waals surface area contributed by atoms with Gasteiger partial charge in [0.25, 0.3) is 5.79 Å². The second-order valence-corrected chi connectivity index (χ2v) is 7.10. The van der Waals surface area contributed by atoms with E-state index in [1.54, 1.807) is 55.7 Å². The Labute approximate surface area is 178 Å². The molecule has 1 unspecified atom stereocenters. The topological polar surface area (TPSA) is 83.5 Å². The van der Waals surface area contributed by atoms with Crippen LogP contribution in [0.4, 0.5) is 0 Å². The molecule has 2 aromatic rings. The van der Waals surface area contributed by atoms with Crippen LogP contribution in [0.5, 0.6) is 11.5 Å². The molecule has 0 fully saturated rings. The molecule has 0 amide bonds. The van der Waals surface area contributed by atoms with Gasteiger partial charge in [-0.3, -0.25) is 0 Å². The zero-order valence-electron chi connectivity index (χ0n) is 16.3. The highest BCUT2D eigenvalue weighted by Crippen LogP contribution is 2.44. The van der Waals surface area contributed by atoms with Crippen LogP contribution in [-0.2, 0) is 31.5 Å². The molecule has 8 heteroatoms. The lowest BCUT2D eigenvalue weighted by Crippen LogP contribution is -2.29. The average Bonchev–Trinajstić information content (AvgIpc) is 3.35. The zero-order valence-corrected chi connectivity index (χ0v) is 17.1. The first-order valence-electron chi connectivity index (χ1n) is 9.12. The summed E-state index contributed by atoms with van der Waals surface area (Å²) in [6.07, 6.45) is 1.78. The minimum Gasteiger partial charge on any atom is -0.497 e. The molecule has 0 aromatic heterocycles. The number of methoxy groups -OCH3 is 2. The number of ether oxygens (including phenoxy) is 3. The van der Waals surface area contributed by atoms with Gasteiger partial charge < -0.3 is 24.2 Å². The van der Waals surface area contributed by atoms with Crippen LogP contribution in [0, 0.1) is 0 Å². The van der Waals surface area contributed by atoms with Gasteiger partial charge in [0, 0.05) is 17.6 Å². The van der Waals surface area contributed by atoms with Crippen LogP contribution in [0.15, 0.2) is 65.4 Å². The summed E-state index contributed by atoms with van der Waals surface area (Å²) < 4.78 is 15.8. The van der Waals surface area contributed by atoms with Gasteiger partial charge in [-0.15, -0.1) is 0 Å². The van der Waals surface area contributed by atoms with E-state index in [9.17, 15) is 9.90 Å². The lowest BCUT2D eigenvalue weighted by atomic mass is 9.89. The molecule has 30 heavy (non-hydrogen) atoms. The highest BCUT2D eigenvalue weighted by molar-refractivity contribution is 6.32. The Balaban J connectivity index is 1.81. The van der Waals surface area contributed by atoms with E-state index in [-0.39, 0.29) is 24.4 Å². The zero-order chi connectivity index (χ0) is 21.3. The van der Waals surface area contributed by atoms with Crippen LogP contribution in [0.1, 0.15) is 11.1 Å². The Hall–Kier alpha value is -3.00. The third-order valence-electron chi connectivity index (χ3n) is 4.97. The van der Waals surface area contributed by atoms with E-state index in [4.69, 9.17) is 35.6 Å². The van der Waals surface area contributed by atoms with Gasteiger partial charge in [-0.25, -0.2) is 4.79 Å². The van der Waals surface area contributed by atoms with Crippen molar-refractivity contribution in [2.24, 2.45) is 0 Å². The summed E-state index contributed by atoms with van der Waals surface area (Å²) >= 11 is 6.26. The Morgan fingerprint density at radius 2 is 1.90 bits per heavy atom. The van der Waals surface area contributed by atoms with Crippen molar-refractivity contribution in [2.75, 3.05) is 20.8 Å². The minimum atomic E-state index is -1.99. The van der Waals surface area contributed by atoms with Crippen molar-refractivity contribution >= 4 is 17.6 Å². The van der Waals surface area contributed by atoms with E-state index in [1.165, 1.54) is 7.11 Å². The maximum absolute atomic E-state index is 12.8. The molecule has 2 aromatic carbocycles. The Morgan fingerprint density at radius 3 is 2.50 bits per heavy atom. The van der Waals surface area contributed by atoms with E-state index >= 15 is 0 Å². The van der Waals surface area contributed by atoms with Gasteiger partial charge in [0.15, 0.2) is 5.76 Å². The molecule has 0 radical (unpaired) electrons. The molecule has 2 aliphatic heterocycles. The van der Waals surface area contributed by atoms with Crippen LogP contribution >= 0.6 is 11.6 Å². The maximum atomic E-state index is 12.8. The number of esters is 1. The smallest absolute Gasteiger partial charge is 0.345 e. The van der Waals surface area contributed by atoms with E-state index < -0.39 is 11.8 Å². The first-order chi connectivity index (χ1) is 14.5. The van der Waals surface area contributed by atoms with Crippen molar-refractivity contribution < 1.29 is 33.9 Å². The van der Waals surface area contributed by atoms with Crippen LogP contribution in [0.25, 0.3) is 0 Å². The summed E-state index contributed by atoms with van der Waals surface area (Å²) in [6.45, 7) is 0.189. The highest BCUT2D eigenvalue weighted by atomic mass is 35.5. The predicted octanol–water partition coefficient (Wildman–Crippen LogP) is 3.44. The van der Waals surface area contributed by atoms with E-state index in [1.807, 2.05) is 0 Å². The summed E-state index contributed by atoms with van der Waals surface area (Å²) in [4.78, 5) is 22.8. The molecule has 2 heterocycles. The van der Waals surface area contributed by atoms with Gasteiger partial charge in [-0.1, -0.05) is 17.7 Å². The van der Waals surface area contributed by atoms with Gasteiger partial charge in [-0.2, -0.15) is 4.89 Å². The van der Waals surface area contributed by atoms with Gasteiger partial charge >= 0.3 is 5.97 Å². The molecular formula is C22H19ClO7. The minimum absolute atomic E-state index is 0.123. The second-order valence-electron chi connectivity index (χ2n) is 6.70. The SMILES string of the molecule is COc1ccc(C2(O)OC(=O)C(C3=CCOO3)=C2Cc2ccc(OC)c(Cl)c2)cc1. The number of halogens is 1. The summed E-state index contributed by atoms with van der Waals surface area (Å²) in [5.41, 5.74) is 1.56. The van der Waals surface area contributed by atoms with Crippen LogP contribution in [-0.4, -0.2) is 31.9 Å². The molecule has 1 N–H and O–H groups in total. The van der Waals surface area contributed by atoms with Crippen molar-refractivity contribution in [3.63, 3.8) is 0 Å². The molecule has 0 aliphatic carbocycles. The molecule has 156 valence electrons. The van der Waals surface area contributed by atoms with Crippen molar-refractivity contribution in [1.82, 2.24) is 0 Å². The molecule has 0 bridgehead atoms. The standard InChI is InChI=1S/C22H19ClO7/c1-26-15-6-4-14(5-7-15)22(25)16(11-13-3-8-18(27-2)17(23)12-13)20(21(24)29-22)19-9-10-28-30-19/h3-9,12,25H,10-11H2,1-2H3. The first kappa shape index (κ1) is 20.3. The fourth-order valence-electron chi connectivity index (χ4n) is 3.46. The molecule has 2 aliphatic rings. The van der Waals surface area contributed by atoms with Crippen LogP contribution in [0.2, 0.25) is 5.02 Å². The van der Waals surface area contributed by atoms with Gasteiger partial charge in [0.1, 0.15) is 23.7 Å². The van der Waals surface area contributed by atoms with Gasteiger partial charge in [-0.05, 0) is 48.0 Å². The largest absolute Gasteiger partial charge is 0.497 e. The number of hydrogen-bond donors (Lipinski definition) is 1. The summed E-state index contributed by atoms with van der Waals surface area (Å²) in [5, 5.41) is 11.9. The lowest BCUT2D eigenvalue weighted by Gasteiger charge is -2.26. The number of rotatable bonds is 6. The number of benzene rings is 2. The third-order valence-corrected chi connectivity index (χ3v) is 5.26. The van der Waals surface area contributed by atoms with E-state index in [2.05, 4.69) is 0 Å². The molecule has 7 nitrogen and oxygen atoms in total. The average molecular weight is 431 g/mol. The number of carbonyl (C=O) groups is 1. The lowest BCUT2D eigenvalue weighted by molar-refractivity contribution is -0.231. The summed E-state index contributed by atoms with van der Waals surface area (Å²) in [5.74, 6) is -1.36. The fourth-order valence-corrected chi connectivity index (χ4v) is 3.74. The number of aliphatic hydroxyl groups is 1. The monoisotopic (exact) mass is 430 g/mol. The molecule has 0 saturated heterocycles. The van der Waals surface area contributed by atoms with Gasteiger partial charge in [0.2, 0.25) is 0 Å². The Morgan fingerprint density at radius 1 is 1.13 bits per heavy atom. The quantitative estimate of drug-likeness (QED) is 0.555. The molecule has 0 saturated carbocycles. The first-order valence-corrected chi connectivity index (χ1v) is 9.50. The number of cyclic esters (lactones) is 1. The van der Waals surface area contributed by atoms with Gasteiger partial charge in [0.05, 0.1) is 19.2 Å². The molecule has 4 rings (SSSR count). The van der Waals surface area contributed by atoms with Crippen LogP contribution < -0.4 is 9.47 Å². The van der Waals surface area contributed by atoms with Crippen molar-refractivity contribution in [1.29, 1.82) is 0 Å². The van der Waals surface area contributed by atoms with E-state index in [0.29, 0.717) is 27.7 Å². The summed E-state index contributed by atoms with van der Waals surface area (Å²) in [6, 6.07) is 11.9. The molecule has 1 atom stereocenters. The highest BCUT2D eigenvalue weighted by Gasteiger charge is 2.49. The molecular weight excluding hydrogens is 412 g/mol. The maximum Gasteiger partial charge on any atom is 0.345 e. The van der Waals surface area contributed by atoms with Crippen molar-refractivity contribution in [3.8, 4) is 11.5 Å². The summed E-state index contributed by atoms with van der Waals surface area (Å²) in [7, 11) is 3.07. The molecule has 0 spiro atoms. The Bertz CT molecular complexity index is 1040.